The molecule has 0 unspecified atom stereocenters. The molecule has 0 amide bonds. The van der Waals surface area contributed by atoms with Gasteiger partial charge in [-0.25, -0.2) is 4.79 Å². The molecule has 0 bridgehead atoms. The normalized spacial score (nSPS) is 14.9. The van der Waals surface area contributed by atoms with Crippen LogP contribution in [0.15, 0.2) is 48.5 Å². The van der Waals surface area contributed by atoms with Gasteiger partial charge in [-0.3, -0.25) is 0 Å². The summed E-state index contributed by atoms with van der Waals surface area (Å²) in [5, 5.41) is 9.05. The molecule has 0 spiro atoms. The number of carbonyl (C=O) groups is 1. The second-order valence-electron chi connectivity index (χ2n) is 7.06. The van der Waals surface area contributed by atoms with E-state index in [1.807, 2.05) is 36.4 Å². The maximum atomic E-state index is 11.0. The van der Waals surface area contributed by atoms with Crippen molar-refractivity contribution in [2.45, 2.75) is 18.9 Å². The summed E-state index contributed by atoms with van der Waals surface area (Å²) in [5.74, 6) is 0.639. The first-order valence-electron chi connectivity index (χ1n) is 10.2. The molecule has 1 fully saturated rings. The van der Waals surface area contributed by atoms with Crippen LogP contribution in [0.4, 0.5) is 5.69 Å². The lowest BCUT2D eigenvalue weighted by Crippen LogP contribution is -2.36. The molecule has 0 aromatic heterocycles. The van der Waals surface area contributed by atoms with Gasteiger partial charge in [-0.05, 0) is 29.8 Å². The Hall–Kier alpha value is -2.77. The number of carboxylic acids is 1. The topological polar surface area (TPSA) is 77.5 Å². The average Bonchev–Trinajstić information content (AvgIpc) is 2.79. The summed E-state index contributed by atoms with van der Waals surface area (Å²) < 4.78 is 22.0. The van der Waals surface area contributed by atoms with Gasteiger partial charge in [0.25, 0.3) is 0 Å². The van der Waals surface area contributed by atoms with Crippen LogP contribution in [0, 0.1) is 0 Å². The second kappa shape index (κ2) is 11.4. The van der Waals surface area contributed by atoms with Gasteiger partial charge in [-0.1, -0.05) is 18.2 Å². The number of anilines is 1. The van der Waals surface area contributed by atoms with E-state index in [0.717, 1.165) is 55.5 Å². The number of aliphatic carboxylic acids is 1. The molecule has 30 heavy (non-hydrogen) atoms. The largest absolute Gasteiger partial charge is 0.493 e. The third-order valence-electron chi connectivity index (χ3n) is 4.92. The Morgan fingerprint density at radius 2 is 1.77 bits per heavy atom. The van der Waals surface area contributed by atoms with Gasteiger partial charge in [0.15, 0.2) is 6.10 Å². The highest BCUT2D eigenvalue weighted by Gasteiger charge is 2.16. The first-order chi connectivity index (χ1) is 14.7. The van der Waals surface area contributed by atoms with E-state index < -0.39 is 12.1 Å². The lowest BCUT2D eigenvalue weighted by Gasteiger charge is -2.29. The third-order valence-corrected chi connectivity index (χ3v) is 4.92. The Morgan fingerprint density at radius 3 is 2.43 bits per heavy atom. The molecule has 0 aliphatic carbocycles. The van der Waals surface area contributed by atoms with Gasteiger partial charge >= 0.3 is 5.97 Å². The smallest absolute Gasteiger partial charge is 0.333 e. The lowest BCUT2D eigenvalue weighted by molar-refractivity contribution is -0.148. The standard InChI is InChI=1S/C23H29NO6/c1-27-22(23(25)26)16-18-6-8-20(9-7-18)29-12-3-13-30-21-5-2-4-19(17-21)24-10-14-28-15-11-24/h2,4-9,17,22H,3,10-16H2,1H3,(H,25,26)/t22-/m0/s1. The number of carboxylic acid groups (broad SMARTS) is 1. The van der Waals surface area contributed by atoms with Crippen molar-refractivity contribution >= 4 is 11.7 Å². The zero-order valence-electron chi connectivity index (χ0n) is 17.3. The van der Waals surface area contributed by atoms with Gasteiger partial charge in [-0.2, -0.15) is 0 Å². The van der Waals surface area contributed by atoms with Crippen molar-refractivity contribution in [1.82, 2.24) is 0 Å². The van der Waals surface area contributed by atoms with Crippen LogP contribution in [-0.2, 0) is 20.7 Å². The van der Waals surface area contributed by atoms with E-state index in [4.69, 9.17) is 24.1 Å². The number of methoxy groups -OCH3 is 1. The Labute approximate surface area is 177 Å². The molecule has 162 valence electrons. The van der Waals surface area contributed by atoms with E-state index >= 15 is 0 Å². The van der Waals surface area contributed by atoms with Crippen molar-refractivity contribution in [3.63, 3.8) is 0 Å². The average molecular weight is 415 g/mol. The van der Waals surface area contributed by atoms with Crippen molar-refractivity contribution in [3.05, 3.63) is 54.1 Å². The number of benzene rings is 2. The Balaban J connectivity index is 1.37. The first kappa shape index (κ1) is 21.9. The van der Waals surface area contributed by atoms with Gasteiger partial charge in [0.1, 0.15) is 11.5 Å². The third kappa shape index (κ3) is 6.64. The molecule has 7 nitrogen and oxygen atoms in total. The summed E-state index contributed by atoms with van der Waals surface area (Å²) in [6.45, 7) is 4.43. The number of hydrogen-bond donors (Lipinski definition) is 1. The molecule has 3 rings (SSSR count). The quantitative estimate of drug-likeness (QED) is 0.565. The van der Waals surface area contributed by atoms with E-state index in [1.165, 1.54) is 7.11 Å². The highest BCUT2D eigenvalue weighted by Crippen LogP contribution is 2.22. The number of ether oxygens (including phenoxy) is 4. The minimum atomic E-state index is -0.965. The van der Waals surface area contributed by atoms with E-state index in [0.29, 0.717) is 19.6 Å². The molecular weight excluding hydrogens is 386 g/mol. The molecule has 1 aliphatic rings. The molecule has 1 N–H and O–H groups in total. The summed E-state index contributed by atoms with van der Waals surface area (Å²) in [5.41, 5.74) is 2.05. The summed E-state index contributed by atoms with van der Waals surface area (Å²) >= 11 is 0. The minimum absolute atomic E-state index is 0.323. The van der Waals surface area contributed by atoms with E-state index in [2.05, 4.69) is 17.0 Å². The maximum absolute atomic E-state index is 11.0. The summed E-state index contributed by atoms with van der Waals surface area (Å²) in [6, 6.07) is 15.5. The Kier molecular flexibility index (Phi) is 8.35. The van der Waals surface area contributed by atoms with Crippen molar-refractivity contribution in [1.29, 1.82) is 0 Å². The fourth-order valence-electron chi connectivity index (χ4n) is 3.24. The van der Waals surface area contributed by atoms with Crippen LogP contribution in [0.25, 0.3) is 0 Å². The lowest BCUT2D eigenvalue weighted by atomic mass is 10.1. The fourth-order valence-corrected chi connectivity index (χ4v) is 3.24. The van der Waals surface area contributed by atoms with E-state index in [-0.39, 0.29) is 0 Å². The number of nitrogens with zero attached hydrogens (tertiary/aromatic N) is 1. The highest BCUT2D eigenvalue weighted by atomic mass is 16.5. The maximum Gasteiger partial charge on any atom is 0.333 e. The Morgan fingerprint density at radius 1 is 1.07 bits per heavy atom. The summed E-state index contributed by atoms with van der Waals surface area (Å²) in [7, 11) is 1.40. The summed E-state index contributed by atoms with van der Waals surface area (Å²) in [6.07, 6.45) is 0.244. The summed E-state index contributed by atoms with van der Waals surface area (Å²) in [4.78, 5) is 13.3. The predicted molar refractivity (Wildman–Crippen MR) is 114 cm³/mol. The van der Waals surface area contributed by atoms with Crippen LogP contribution in [0.2, 0.25) is 0 Å². The van der Waals surface area contributed by atoms with Crippen LogP contribution in [-0.4, -0.2) is 63.8 Å². The molecule has 0 saturated carbocycles. The zero-order valence-corrected chi connectivity index (χ0v) is 17.3. The molecule has 1 atom stereocenters. The van der Waals surface area contributed by atoms with Crippen LogP contribution in [0.3, 0.4) is 0 Å². The number of rotatable bonds is 11. The second-order valence-corrected chi connectivity index (χ2v) is 7.06. The minimum Gasteiger partial charge on any atom is -0.493 e. The molecule has 2 aromatic rings. The SMILES string of the molecule is CO[C@@H](Cc1ccc(OCCCOc2cccc(N3CCOCC3)c2)cc1)C(=O)O. The number of hydrogen-bond acceptors (Lipinski definition) is 6. The molecule has 2 aromatic carbocycles. The van der Waals surface area contributed by atoms with Crippen molar-refractivity contribution in [3.8, 4) is 11.5 Å². The first-order valence-corrected chi connectivity index (χ1v) is 10.2. The molecule has 1 aliphatic heterocycles. The van der Waals surface area contributed by atoms with Crippen LogP contribution in [0.1, 0.15) is 12.0 Å². The fraction of sp³-hybridized carbons (Fsp3) is 0.435. The predicted octanol–water partition coefficient (Wildman–Crippen LogP) is 3.01. The van der Waals surface area contributed by atoms with Crippen LogP contribution >= 0.6 is 0 Å². The monoisotopic (exact) mass is 415 g/mol. The van der Waals surface area contributed by atoms with Gasteiger partial charge in [0.05, 0.1) is 26.4 Å². The van der Waals surface area contributed by atoms with Crippen molar-refractivity contribution in [2.24, 2.45) is 0 Å². The van der Waals surface area contributed by atoms with E-state index in [9.17, 15) is 4.79 Å². The van der Waals surface area contributed by atoms with Gasteiger partial charge in [0, 0.05) is 44.8 Å². The van der Waals surface area contributed by atoms with Gasteiger partial charge in [0.2, 0.25) is 0 Å². The molecule has 1 heterocycles. The van der Waals surface area contributed by atoms with Crippen molar-refractivity contribution in [2.75, 3.05) is 51.5 Å². The van der Waals surface area contributed by atoms with Gasteiger partial charge in [-0.15, -0.1) is 0 Å². The Bertz CT molecular complexity index is 789. The highest BCUT2D eigenvalue weighted by molar-refractivity contribution is 5.72. The molecular formula is C23H29NO6. The van der Waals surface area contributed by atoms with Crippen molar-refractivity contribution < 1.29 is 28.8 Å². The van der Waals surface area contributed by atoms with Crippen LogP contribution < -0.4 is 14.4 Å². The molecule has 1 saturated heterocycles. The number of morpholine rings is 1. The van der Waals surface area contributed by atoms with Gasteiger partial charge < -0.3 is 29.0 Å². The molecule has 7 heteroatoms. The zero-order chi connectivity index (χ0) is 21.2. The molecule has 0 radical (unpaired) electrons. The van der Waals surface area contributed by atoms with E-state index in [1.54, 1.807) is 0 Å². The van der Waals surface area contributed by atoms with Crippen LogP contribution in [0.5, 0.6) is 11.5 Å².